The molecule has 5 heteroatoms. The molecule has 1 saturated carbocycles. The number of nitrogens with one attached hydrogen (secondary N) is 1. The molecule has 1 aliphatic rings. The standard InChI is InChI=1S/C10H16N4O/c1-14-9(7-11-13-14)12-10(15)4-2-3-8-5-6-8/h7-8H,2-6H2,1H3,(H,12,15). The zero-order chi connectivity index (χ0) is 10.7. The topological polar surface area (TPSA) is 59.8 Å². The Morgan fingerprint density at radius 3 is 3.07 bits per heavy atom. The summed E-state index contributed by atoms with van der Waals surface area (Å²) in [5.74, 6) is 1.61. The largest absolute Gasteiger partial charge is 0.310 e. The fourth-order valence-electron chi connectivity index (χ4n) is 1.57. The van der Waals surface area contributed by atoms with Crippen LogP contribution in [0.5, 0.6) is 0 Å². The van der Waals surface area contributed by atoms with Crippen molar-refractivity contribution in [1.82, 2.24) is 15.0 Å². The maximum Gasteiger partial charge on any atom is 0.225 e. The van der Waals surface area contributed by atoms with Gasteiger partial charge in [-0.25, -0.2) is 4.68 Å². The normalized spacial score (nSPS) is 15.3. The quantitative estimate of drug-likeness (QED) is 0.794. The predicted octanol–water partition coefficient (Wildman–Crippen LogP) is 1.33. The van der Waals surface area contributed by atoms with Gasteiger partial charge in [0.2, 0.25) is 5.91 Å². The lowest BCUT2D eigenvalue weighted by Crippen LogP contribution is -2.13. The first-order valence-electron chi connectivity index (χ1n) is 5.40. The number of anilines is 1. The molecule has 0 aromatic carbocycles. The van der Waals surface area contributed by atoms with Crippen molar-refractivity contribution in [3.8, 4) is 0 Å². The Bertz CT molecular complexity index is 343. The van der Waals surface area contributed by atoms with Gasteiger partial charge >= 0.3 is 0 Å². The van der Waals surface area contributed by atoms with Crippen LogP contribution in [0.1, 0.15) is 32.1 Å². The zero-order valence-electron chi connectivity index (χ0n) is 8.94. The summed E-state index contributed by atoms with van der Waals surface area (Å²) in [5.41, 5.74) is 0. The molecule has 15 heavy (non-hydrogen) atoms. The van der Waals surface area contributed by atoms with E-state index in [-0.39, 0.29) is 5.91 Å². The van der Waals surface area contributed by atoms with Gasteiger partial charge in [0.1, 0.15) is 0 Å². The second-order valence-corrected chi connectivity index (χ2v) is 4.13. The highest BCUT2D eigenvalue weighted by atomic mass is 16.1. The van der Waals surface area contributed by atoms with Crippen molar-refractivity contribution in [3.63, 3.8) is 0 Å². The average Bonchev–Trinajstić information content (AvgIpc) is 2.93. The van der Waals surface area contributed by atoms with E-state index in [4.69, 9.17) is 0 Å². The minimum atomic E-state index is 0.0565. The summed E-state index contributed by atoms with van der Waals surface area (Å²) < 4.78 is 1.55. The molecule has 1 aromatic heterocycles. The molecule has 82 valence electrons. The van der Waals surface area contributed by atoms with Crippen molar-refractivity contribution in [2.24, 2.45) is 13.0 Å². The monoisotopic (exact) mass is 208 g/mol. The summed E-state index contributed by atoms with van der Waals surface area (Å²) in [4.78, 5) is 11.5. The minimum Gasteiger partial charge on any atom is -0.310 e. The van der Waals surface area contributed by atoms with E-state index < -0.39 is 0 Å². The second kappa shape index (κ2) is 4.42. The van der Waals surface area contributed by atoms with E-state index in [1.54, 1.807) is 17.9 Å². The van der Waals surface area contributed by atoms with Crippen LogP contribution in [0.15, 0.2) is 6.20 Å². The van der Waals surface area contributed by atoms with E-state index in [1.807, 2.05) is 0 Å². The Morgan fingerprint density at radius 1 is 1.67 bits per heavy atom. The Balaban J connectivity index is 1.69. The minimum absolute atomic E-state index is 0.0565. The highest BCUT2D eigenvalue weighted by Crippen LogP contribution is 2.33. The van der Waals surface area contributed by atoms with Gasteiger partial charge in [0.15, 0.2) is 5.82 Å². The van der Waals surface area contributed by atoms with Crippen molar-refractivity contribution in [3.05, 3.63) is 6.20 Å². The summed E-state index contributed by atoms with van der Waals surface area (Å²) in [7, 11) is 1.76. The fraction of sp³-hybridized carbons (Fsp3) is 0.700. The summed E-state index contributed by atoms with van der Waals surface area (Å²) >= 11 is 0. The smallest absolute Gasteiger partial charge is 0.225 e. The van der Waals surface area contributed by atoms with Gasteiger partial charge in [-0.15, -0.1) is 5.10 Å². The van der Waals surface area contributed by atoms with Gasteiger partial charge in [-0.3, -0.25) is 4.79 Å². The van der Waals surface area contributed by atoms with Gasteiger partial charge in [0, 0.05) is 13.5 Å². The molecule has 5 nitrogen and oxygen atoms in total. The molecule has 0 bridgehead atoms. The van der Waals surface area contributed by atoms with Crippen LogP contribution < -0.4 is 5.32 Å². The van der Waals surface area contributed by atoms with Crippen molar-refractivity contribution < 1.29 is 4.79 Å². The molecule has 1 aromatic rings. The second-order valence-electron chi connectivity index (χ2n) is 4.13. The molecule has 1 N–H and O–H groups in total. The first kappa shape index (κ1) is 10.1. The van der Waals surface area contributed by atoms with Gasteiger partial charge < -0.3 is 5.32 Å². The maximum atomic E-state index is 11.5. The van der Waals surface area contributed by atoms with Crippen molar-refractivity contribution in [2.75, 3.05) is 5.32 Å². The van der Waals surface area contributed by atoms with E-state index in [0.29, 0.717) is 12.2 Å². The third-order valence-corrected chi connectivity index (χ3v) is 2.70. The number of aryl methyl sites for hydroxylation is 1. The van der Waals surface area contributed by atoms with Crippen molar-refractivity contribution in [1.29, 1.82) is 0 Å². The number of carbonyl (C=O) groups excluding carboxylic acids is 1. The molecular formula is C10H16N4O. The number of rotatable bonds is 5. The predicted molar refractivity (Wildman–Crippen MR) is 56.2 cm³/mol. The highest BCUT2D eigenvalue weighted by Gasteiger charge is 2.20. The van der Waals surface area contributed by atoms with E-state index in [9.17, 15) is 4.79 Å². The molecule has 2 rings (SSSR count). The van der Waals surface area contributed by atoms with Gasteiger partial charge in [-0.05, 0) is 18.8 Å². The molecular weight excluding hydrogens is 192 g/mol. The summed E-state index contributed by atoms with van der Waals surface area (Å²) in [6.07, 6.45) is 7.04. The van der Waals surface area contributed by atoms with Gasteiger partial charge in [0.25, 0.3) is 0 Å². The number of hydrogen-bond donors (Lipinski definition) is 1. The fourth-order valence-corrected chi connectivity index (χ4v) is 1.57. The molecule has 0 radical (unpaired) electrons. The number of hydrogen-bond acceptors (Lipinski definition) is 3. The summed E-state index contributed by atoms with van der Waals surface area (Å²) in [6.45, 7) is 0. The molecule has 0 atom stereocenters. The molecule has 1 aliphatic carbocycles. The molecule has 0 spiro atoms. The molecule has 0 aliphatic heterocycles. The van der Waals surface area contributed by atoms with Gasteiger partial charge in [-0.2, -0.15) is 0 Å². The first-order chi connectivity index (χ1) is 7.25. The Labute approximate surface area is 88.9 Å². The lowest BCUT2D eigenvalue weighted by molar-refractivity contribution is -0.116. The first-order valence-corrected chi connectivity index (χ1v) is 5.40. The average molecular weight is 208 g/mol. The number of amides is 1. The van der Waals surface area contributed by atoms with Gasteiger partial charge in [-0.1, -0.05) is 18.1 Å². The van der Waals surface area contributed by atoms with E-state index in [0.717, 1.165) is 12.3 Å². The molecule has 0 saturated heterocycles. The molecule has 1 amide bonds. The van der Waals surface area contributed by atoms with Crippen LogP contribution in [-0.2, 0) is 11.8 Å². The Kier molecular flexibility index (Phi) is 2.99. The van der Waals surface area contributed by atoms with Gasteiger partial charge in [0.05, 0.1) is 6.20 Å². The molecule has 0 unspecified atom stereocenters. The maximum absolute atomic E-state index is 11.5. The van der Waals surface area contributed by atoms with Crippen LogP contribution in [-0.4, -0.2) is 20.9 Å². The lowest BCUT2D eigenvalue weighted by Gasteiger charge is -2.03. The van der Waals surface area contributed by atoms with E-state index >= 15 is 0 Å². The molecule has 1 fully saturated rings. The number of carbonyl (C=O) groups is 1. The van der Waals surface area contributed by atoms with Crippen LogP contribution in [0.2, 0.25) is 0 Å². The Morgan fingerprint density at radius 2 is 2.47 bits per heavy atom. The lowest BCUT2D eigenvalue weighted by atomic mass is 10.2. The summed E-state index contributed by atoms with van der Waals surface area (Å²) in [6, 6.07) is 0. The third-order valence-electron chi connectivity index (χ3n) is 2.70. The SMILES string of the molecule is Cn1nncc1NC(=O)CCCC1CC1. The van der Waals surface area contributed by atoms with Crippen molar-refractivity contribution in [2.45, 2.75) is 32.1 Å². The van der Waals surface area contributed by atoms with Crippen LogP contribution in [0.3, 0.4) is 0 Å². The van der Waals surface area contributed by atoms with Crippen LogP contribution in [0, 0.1) is 5.92 Å². The van der Waals surface area contributed by atoms with Crippen LogP contribution in [0.4, 0.5) is 5.82 Å². The molecule has 1 heterocycles. The third kappa shape index (κ3) is 3.04. The van der Waals surface area contributed by atoms with Crippen LogP contribution >= 0.6 is 0 Å². The van der Waals surface area contributed by atoms with Crippen molar-refractivity contribution >= 4 is 11.7 Å². The van der Waals surface area contributed by atoms with E-state index in [1.165, 1.54) is 19.3 Å². The highest BCUT2D eigenvalue weighted by molar-refractivity contribution is 5.89. The number of nitrogens with zero attached hydrogens (tertiary/aromatic N) is 3. The van der Waals surface area contributed by atoms with E-state index in [2.05, 4.69) is 15.6 Å². The van der Waals surface area contributed by atoms with Crippen LogP contribution in [0.25, 0.3) is 0 Å². The summed E-state index contributed by atoms with van der Waals surface area (Å²) in [5, 5.41) is 10.2. The zero-order valence-corrected chi connectivity index (χ0v) is 8.94. The number of aromatic nitrogens is 3. The Hall–Kier alpha value is -1.39.